The summed E-state index contributed by atoms with van der Waals surface area (Å²) in [6, 6.07) is 0. The number of nitrogens with zero attached hydrogens (tertiary/aromatic N) is 1. The van der Waals surface area contributed by atoms with E-state index in [9.17, 15) is 9.90 Å². The second-order valence-corrected chi connectivity index (χ2v) is 4.19. The smallest absolute Gasteiger partial charge is 0.290 e. The first-order valence-corrected chi connectivity index (χ1v) is 4.76. The highest BCUT2D eigenvalue weighted by atomic mass is 16.5. The van der Waals surface area contributed by atoms with Crippen LogP contribution in [0.3, 0.4) is 0 Å². The van der Waals surface area contributed by atoms with Gasteiger partial charge in [-0.15, -0.1) is 0 Å². The van der Waals surface area contributed by atoms with E-state index >= 15 is 0 Å². The molecule has 0 aromatic carbocycles. The summed E-state index contributed by atoms with van der Waals surface area (Å²) in [6.45, 7) is 6.83. The van der Waals surface area contributed by atoms with Crippen molar-refractivity contribution in [2.45, 2.75) is 39.3 Å². The van der Waals surface area contributed by atoms with Crippen LogP contribution in [0.2, 0.25) is 0 Å². The molecule has 5 heteroatoms. The second-order valence-electron chi connectivity index (χ2n) is 4.19. The van der Waals surface area contributed by atoms with Crippen molar-refractivity contribution in [1.29, 1.82) is 0 Å². The molecule has 0 aliphatic heterocycles. The van der Waals surface area contributed by atoms with E-state index in [0.29, 0.717) is 5.56 Å². The van der Waals surface area contributed by atoms with Crippen LogP contribution in [-0.2, 0) is 0 Å². The number of carbonyl (C=O) groups excluding carboxylic acids is 1. The number of carbonyl (C=O) groups is 1. The lowest BCUT2D eigenvalue weighted by Crippen LogP contribution is -2.51. The largest absolute Gasteiger partial charge is 0.391 e. The van der Waals surface area contributed by atoms with E-state index in [-0.39, 0.29) is 11.7 Å². The highest BCUT2D eigenvalue weighted by molar-refractivity contribution is 5.93. The van der Waals surface area contributed by atoms with Crippen molar-refractivity contribution in [3.05, 3.63) is 17.5 Å². The number of aliphatic hydroxyl groups excluding tert-OH is 1. The molecule has 0 aliphatic carbocycles. The zero-order valence-corrected chi connectivity index (χ0v) is 9.37. The molecule has 0 saturated heterocycles. The van der Waals surface area contributed by atoms with E-state index in [2.05, 4.69) is 10.5 Å². The van der Waals surface area contributed by atoms with Crippen LogP contribution >= 0.6 is 0 Å². The number of hydrogen-bond acceptors (Lipinski definition) is 4. The van der Waals surface area contributed by atoms with Crippen molar-refractivity contribution < 1.29 is 14.4 Å². The fraction of sp³-hybridized carbons (Fsp3) is 0.600. The van der Waals surface area contributed by atoms with Crippen LogP contribution < -0.4 is 5.32 Å². The first kappa shape index (κ1) is 11.7. The van der Waals surface area contributed by atoms with Crippen molar-refractivity contribution in [3.8, 4) is 0 Å². The minimum atomic E-state index is -0.698. The van der Waals surface area contributed by atoms with Gasteiger partial charge in [-0.05, 0) is 27.7 Å². The molecule has 5 nitrogen and oxygen atoms in total. The maximum atomic E-state index is 11.7. The fourth-order valence-electron chi connectivity index (χ4n) is 0.963. The number of hydrogen-bond donors (Lipinski definition) is 2. The Hall–Kier alpha value is -1.36. The van der Waals surface area contributed by atoms with Crippen LogP contribution in [0.15, 0.2) is 10.7 Å². The van der Waals surface area contributed by atoms with Gasteiger partial charge in [0.15, 0.2) is 0 Å². The van der Waals surface area contributed by atoms with Crippen LogP contribution in [0.25, 0.3) is 0 Å². The van der Waals surface area contributed by atoms with E-state index in [1.54, 1.807) is 27.7 Å². The zero-order valence-electron chi connectivity index (χ0n) is 9.37. The van der Waals surface area contributed by atoms with Crippen LogP contribution in [0.5, 0.6) is 0 Å². The number of nitrogens with one attached hydrogen (secondary N) is 1. The number of aromatic nitrogens is 1. The first-order chi connectivity index (χ1) is 6.84. The van der Waals surface area contributed by atoms with Gasteiger partial charge >= 0.3 is 0 Å². The van der Waals surface area contributed by atoms with Gasteiger partial charge in [-0.25, -0.2) is 0 Å². The molecule has 0 saturated carbocycles. The number of rotatable bonds is 3. The molecule has 1 amide bonds. The van der Waals surface area contributed by atoms with Crippen molar-refractivity contribution in [2.75, 3.05) is 0 Å². The molecular weight excluding hydrogens is 196 g/mol. The van der Waals surface area contributed by atoms with Crippen LogP contribution in [0, 0.1) is 6.92 Å². The molecular formula is C10H16N2O3. The summed E-state index contributed by atoms with van der Waals surface area (Å²) in [6.07, 6.45) is 0.828. The van der Waals surface area contributed by atoms with Crippen molar-refractivity contribution in [2.24, 2.45) is 0 Å². The third kappa shape index (κ3) is 2.56. The normalized spacial score (nSPS) is 13.7. The molecule has 1 atom stereocenters. The van der Waals surface area contributed by atoms with Gasteiger partial charge in [-0.3, -0.25) is 4.79 Å². The lowest BCUT2D eigenvalue weighted by molar-refractivity contribution is 0.0680. The molecule has 0 radical (unpaired) electrons. The first-order valence-electron chi connectivity index (χ1n) is 4.76. The Balaban J connectivity index is 2.77. The predicted octanol–water partition coefficient (Wildman–Crippen LogP) is 0.872. The third-order valence-corrected chi connectivity index (χ3v) is 2.43. The standard InChI is InChI=1S/C10H16N2O3/c1-6-5-11-15-8(6)9(14)12-10(3,4)7(2)13/h5,7,13H,1-4H3,(H,12,14). The molecule has 15 heavy (non-hydrogen) atoms. The highest BCUT2D eigenvalue weighted by Crippen LogP contribution is 2.12. The fourth-order valence-corrected chi connectivity index (χ4v) is 0.963. The van der Waals surface area contributed by atoms with Gasteiger partial charge in [-0.2, -0.15) is 0 Å². The van der Waals surface area contributed by atoms with Crippen LogP contribution in [0.4, 0.5) is 0 Å². The highest BCUT2D eigenvalue weighted by Gasteiger charge is 2.28. The number of aliphatic hydroxyl groups is 1. The molecule has 0 spiro atoms. The molecule has 0 fully saturated rings. The van der Waals surface area contributed by atoms with Crippen molar-refractivity contribution in [1.82, 2.24) is 10.5 Å². The molecule has 1 aromatic heterocycles. The van der Waals surface area contributed by atoms with Gasteiger partial charge in [0.1, 0.15) is 0 Å². The Kier molecular flexibility index (Phi) is 3.14. The lowest BCUT2D eigenvalue weighted by Gasteiger charge is -2.28. The monoisotopic (exact) mass is 212 g/mol. The number of aryl methyl sites for hydroxylation is 1. The molecule has 0 bridgehead atoms. The SMILES string of the molecule is Cc1cnoc1C(=O)NC(C)(C)C(C)O. The molecule has 2 N–H and O–H groups in total. The van der Waals surface area contributed by atoms with Crippen molar-refractivity contribution >= 4 is 5.91 Å². The minimum absolute atomic E-state index is 0.184. The van der Waals surface area contributed by atoms with Gasteiger partial charge in [0.2, 0.25) is 5.76 Å². The van der Waals surface area contributed by atoms with E-state index in [1.807, 2.05) is 0 Å². The average molecular weight is 212 g/mol. The zero-order chi connectivity index (χ0) is 11.6. The summed E-state index contributed by atoms with van der Waals surface area (Å²) in [5, 5.41) is 15.6. The summed E-state index contributed by atoms with van der Waals surface area (Å²) in [5.74, 6) is -0.181. The van der Waals surface area contributed by atoms with Gasteiger partial charge < -0.3 is 14.9 Å². The quantitative estimate of drug-likeness (QED) is 0.779. The molecule has 1 heterocycles. The molecule has 0 aliphatic rings. The summed E-state index contributed by atoms with van der Waals surface area (Å²) < 4.78 is 4.81. The van der Waals surface area contributed by atoms with Crippen LogP contribution in [0.1, 0.15) is 36.9 Å². The summed E-state index contributed by atoms with van der Waals surface area (Å²) >= 11 is 0. The Labute approximate surface area is 88.5 Å². The second kappa shape index (κ2) is 4.02. The maximum Gasteiger partial charge on any atom is 0.290 e. The van der Waals surface area contributed by atoms with E-state index in [0.717, 1.165) is 0 Å². The van der Waals surface area contributed by atoms with E-state index < -0.39 is 11.6 Å². The Morgan fingerprint density at radius 1 is 1.67 bits per heavy atom. The molecule has 1 unspecified atom stereocenters. The van der Waals surface area contributed by atoms with E-state index in [4.69, 9.17) is 4.52 Å². The predicted molar refractivity (Wildman–Crippen MR) is 54.5 cm³/mol. The van der Waals surface area contributed by atoms with Gasteiger partial charge in [-0.1, -0.05) is 5.16 Å². The Morgan fingerprint density at radius 3 is 2.67 bits per heavy atom. The summed E-state index contributed by atoms with van der Waals surface area (Å²) in [4.78, 5) is 11.7. The Bertz CT molecular complexity index is 355. The minimum Gasteiger partial charge on any atom is -0.391 e. The average Bonchev–Trinajstić information content (AvgIpc) is 2.50. The Morgan fingerprint density at radius 2 is 2.27 bits per heavy atom. The molecule has 1 rings (SSSR count). The maximum absolute atomic E-state index is 11.7. The summed E-state index contributed by atoms with van der Waals surface area (Å²) in [7, 11) is 0. The third-order valence-electron chi connectivity index (χ3n) is 2.43. The van der Waals surface area contributed by atoms with Crippen molar-refractivity contribution in [3.63, 3.8) is 0 Å². The van der Waals surface area contributed by atoms with E-state index in [1.165, 1.54) is 6.20 Å². The summed E-state index contributed by atoms with van der Waals surface area (Å²) in [5.41, 5.74) is -0.0232. The topological polar surface area (TPSA) is 75.4 Å². The lowest BCUT2D eigenvalue weighted by atomic mass is 9.98. The molecule has 84 valence electrons. The van der Waals surface area contributed by atoms with Gasteiger partial charge in [0.25, 0.3) is 5.91 Å². The number of amides is 1. The van der Waals surface area contributed by atoms with Gasteiger partial charge in [0.05, 0.1) is 17.8 Å². The van der Waals surface area contributed by atoms with Crippen LogP contribution in [-0.4, -0.2) is 27.8 Å². The molecule has 1 aromatic rings. The van der Waals surface area contributed by atoms with Gasteiger partial charge in [0, 0.05) is 5.56 Å².